The first-order valence-electron chi connectivity index (χ1n) is 7.95. The van der Waals surface area contributed by atoms with E-state index in [2.05, 4.69) is 29.2 Å². The average molecular weight is 264 g/mol. The Kier molecular flexibility index (Phi) is 5.83. The molecule has 4 nitrogen and oxygen atoms in total. The summed E-state index contributed by atoms with van der Waals surface area (Å²) in [5.41, 5.74) is 0. The van der Waals surface area contributed by atoms with Crippen molar-refractivity contribution in [3.05, 3.63) is 12.2 Å². The lowest BCUT2D eigenvalue weighted by molar-refractivity contribution is 0.314. The predicted octanol–water partition coefficient (Wildman–Crippen LogP) is 2.79. The Morgan fingerprint density at radius 1 is 1.26 bits per heavy atom. The first-order valence-corrected chi connectivity index (χ1v) is 7.95. The molecule has 1 unspecified atom stereocenters. The molecular formula is C15H28N4. The number of nitrogens with zero attached hydrogens (tertiary/aromatic N) is 3. The molecule has 1 heterocycles. The summed E-state index contributed by atoms with van der Waals surface area (Å²) in [7, 11) is 0. The monoisotopic (exact) mass is 264 g/mol. The van der Waals surface area contributed by atoms with Gasteiger partial charge in [-0.25, -0.2) is 4.98 Å². The highest BCUT2D eigenvalue weighted by Crippen LogP contribution is 2.26. The van der Waals surface area contributed by atoms with Crippen molar-refractivity contribution in [2.24, 2.45) is 5.92 Å². The van der Waals surface area contributed by atoms with Gasteiger partial charge < -0.3 is 5.32 Å². The molecule has 0 aliphatic heterocycles. The molecule has 0 aromatic carbocycles. The third-order valence-corrected chi connectivity index (χ3v) is 4.33. The molecule has 1 fully saturated rings. The highest BCUT2D eigenvalue weighted by Gasteiger charge is 2.23. The van der Waals surface area contributed by atoms with Crippen molar-refractivity contribution in [3.63, 3.8) is 0 Å². The first-order chi connectivity index (χ1) is 9.35. The van der Waals surface area contributed by atoms with Crippen molar-refractivity contribution in [1.82, 2.24) is 20.1 Å². The largest absolute Gasteiger partial charge is 0.314 e. The number of nitrogens with one attached hydrogen (secondary N) is 1. The van der Waals surface area contributed by atoms with E-state index in [1.165, 1.54) is 38.5 Å². The second-order valence-electron chi connectivity index (χ2n) is 5.61. The molecule has 1 N–H and O–H groups in total. The molecule has 0 bridgehead atoms. The summed E-state index contributed by atoms with van der Waals surface area (Å²) in [6.07, 6.45) is 11.1. The second kappa shape index (κ2) is 7.63. The minimum absolute atomic E-state index is 0.567. The van der Waals surface area contributed by atoms with Crippen molar-refractivity contribution >= 4 is 0 Å². The summed E-state index contributed by atoms with van der Waals surface area (Å²) >= 11 is 0. The van der Waals surface area contributed by atoms with E-state index >= 15 is 0 Å². The summed E-state index contributed by atoms with van der Waals surface area (Å²) in [6.45, 7) is 6.29. The van der Waals surface area contributed by atoms with E-state index in [1.54, 1.807) is 6.33 Å². The number of likely N-dealkylation sites (N-methyl/N-ethyl adjacent to an activating group) is 1. The van der Waals surface area contributed by atoms with Crippen LogP contribution in [0.5, 0.6) is 0 Å². The number of hydrogen-bond donors (Lipinski definition) is 1. The molecule has 1 atom stereocenters. The fraction of sp³-hybridized carbons (Fsp3) is 0.867. The number of aryl methyl sites for hydroxylation is 1. The minimum atomic E-state index is 0.567. The van der Waals surface area contributed by atoms with E-state index in [1.807, 2.05) is 4.68 Å². The predicted molar refractivity (Wildman–Crippen MR) is 78.1 cm³/mol. The summed E-state index contributed by atoms with van der Waals surface area (Å²) in [4.78, 5) is 4.44. The van der Waals surface area contributed by atoms with Crippen LogP contribution in [0.3, 0.4) is 0 Å². The van der Waals surface area contributed by atoms with Crippen LogP contribution in [0.1, 0.15) is 58.2 Å². The fourth-order valence-electron chi connectivity index (χ4n) is 3.29. The Bertz CT molecular complexity index is 353. The lowest BCUT2D eigenvalue weighted by Gasteiger charge is -2.26. The number of rotatable bonds is 6. The molecule has 108 valence electrons. The van der Waals surface area contributed by atoms with Gasteiger partial charge in [-0.3, -0.25) is 4.68 Å². The van der Waals surface area contributed by atoms with Gasteiger partial charge in [0.25, 0.3) is 0 Å². The van der Waals surface area contributed by atoms with Crippen LogP contribution in [0.4, 0.5) is 0 Å². The first kappa shape index (κ1) is 14.5. The molecule has 0 radical (unpaired) electrons. The zero-order valence-corrected chi connectivity index (χ0v) is 12.4. The standard InChI is InChI=1S/C15H28N4/c1-3-16-14(13-9-7-5-6-8-10-13)11-15-17-12-18-19(15)4-2/h12-14,16H,3-11H2,1-2H3. The molecule has 0 saturated heterocycles. The lowest BCUT2D eigenvalue weighted by atomic mass is 9.89. The van der Waals surface area contributed by atoms with E-state index in [9.17, 15) is 0 Å². The molecule has 1 saturated carbocycles. The van der Waals surface area contributed by atoms with Crippen LogP contribution in [0.15, 0.2) is 6.33 Å². The van der Waals surface area contributed by atoms with Gasteiger partial charge in [-0.1, -0.05) is 32.6 Å². The molecule has 1 aliphatic rings. The van der Waals surface area contributed by atoms with Crippen molar-refractivity contribution < 1.29 is 0 Å². The average Bonchev–Trinajstić information content (AvgIpc) is 2.70. The molecular weight excluding hydrogens is 236 g/mol. The Labute approximate surface area is 117 Å². The third kappa shape index (κ3) is 4.03. The van der Waals surface area contributed by atoms with Crippen LogP contribution in [0.2, 0.25) is 0 Å². The molecule has 1 aromatic rings. The summed E-state index contributed by atoms with van der Waals surface area (Å²) in [5, 5.41) is 7.98. The third-order valence-electron chi connectivity index (χ3n) is 4.33. The molecule has 19 heavy (non-hydrogen) atoms. The number of aromatic nitrogens is 3. The molecule has 4 heteroatoms. The Hall–Kier alpha value is -0.900. The van der Waals surface area contributed by atoms with Crippen molar-refractivity contribution in [2.45, 2.75) is 71.4 Å². The highest BCUT2D eigenvalue weighted by molar-refractivity contribution is 4.92. The Morgan fingerprint density at radius 3 is 2.63 bits per heavy atom. The van der Waals surface area contributed by atoms with Crippen LogP contribution in [-0.4, -0.2) is 27.4 Å². The van der Waals surface area contributed by atoms with Gasteiger partial charge in [0.1, 0.15) is 12.2 Å². The van der Waals surface area contributed by atoms with E-state index in [-0.39, 0.29) is 0 Å². The van der Waals surface area contributed by atoms with Gasteiger partial charge in [0.15, 0.2) is 0 Å². The van der Waals surface area contributed by atoms with E-state index < -0.39 is 0 Å². The Balaban J connectivity index is 2.02. The zero-order chi connectivity index (χ0) is 13.5. The highest BCUT2D eigenvalue weighted by atomic mass is 15.3. The quantitative estimate of drug-likeness (QED) is 0.803. The van der Waals surface area contributed by atoms with Crippen molar-refractivity contribution in [2.75, 3.05) is 6.54 Å². The fourth-order valence-corrected chi connectivity index (χ4v) is 3.29. The van der Waals surface area contributed by atoms with Gasteiger partial charge in [0.05, 0.1) is 0 Å². The van der Waals surface area contributed by atoms with E-state index in [4.69, 9.17) is 0 Å². The van der Waals surface area contributed by atoms with Crippen LogP contribution < -0.4 is 5.32 Å². The Morgan fingerprint density at radius 2 is 2.00 bits per heavy atom. The lowest BCUT2D eigenvalue weighted by Crippen LogP contribution is -2.38. The van der Waals surface area contributed by atoms with Crippen LogP contribution >= 0.6 is 0 Å². The van der Waals surface area contributed by atoms with Gasteiger partial charge in [-0.2, -0.15) is 5.10 Å². The van der Waals surface area contributed by atoms with Crippen LogP contribution in [0, 0.1) is 5.92 Å². The molecule has 0 spiro atoms. The normalized spacial score (nSPS) is 19.3. The number of hydrogen-bond acceptors (Lipinski definition) is 3. The molecule has 0 amide bonds. The topological polar surface area (TPSA) is 42.7 Å². The van der Waals surface area contributed by atoms with Gasteiger partial charge in [-0.05, 0) is 32.2 Å². The summed E-state index contributed by atoms with van der Waals surface area (Å²) < 4.78 is 2.03. The molecule has 1 aliphatic carbocycles. The molecule has 1 aromatic heterocycles. The maximum atomic E-state index is 4.44. The van der Waals surface area contributed by atoms with Gasteiger partial charge in [0.2, 0.25) is 0 Å². The van der Waals surface area contributed by atoms with Gasteiger partial charge >= 0.3 is 0 Å². The maximum Gasteiger partial charge on any atom is 0.138 e. The summed E-state index contributed by atoms with van der Waals surface area (Å²) in [6, 6.07) is 0.567. The van der Waals surface area contributed by atoms with Crippen LogP contribution in [-0.2, 0) is 13.0 Å². The van der Waals surface area contributed by atoms with E-state index in [0.717, 1.165) is 31.3 Å². The smallest absolute Gasteiger partial charge is 0.138 e. The van der Waals surface area contributed by atoms with Gasteiger partial charge in [0, 0.05) is 19.0 Å². The zero-order valence-electron chi connectivity index (χ0n) is 12.4. The SMILES string of the molecule is CCNC(Cc1ncnn1CC)C1CCCCCC1. The summed E-state index contributed by atoms with van der Waals surface area (Å²) in [5.74, 6) is 1.95. The second-order valence-corrected chi connectivity index (χ2v) is 5.61. The minimum Gasteiger partial charge on any atom is -0.314 e. The molecule has 2 rings (SSSR count). The van der Waals surface area contributed by atoms with Crippen LogP contribution in [0.25, 0.3) is 0 Å². The van der Waals surface area contributed by atoms with Crippen molar-refractivity contribution in [1.29, 1.82) is 0 Å². The van der Waals surface area contributed by atoms with Gasteiger partial charge in [-0.15, -0.1) is 0 Å². The van der Waals surface area contributed by atoms with E-state index in [0.29, 0.717) is 6.04 Å². The van der Waals surface area contributed by atoms with Crippen molar-refractivity contribution in [3.8, 4) is 0 Å². The maximum absolute atomic E-state index is 4.44.